The van der Waals surface area contributed by atoms with Gasteiger partial charge in [-0.05, 0) is 43.7 Å². The average molecular weight is 383 g/mol. The van der Waals surface area contributed by atoms with E-state index in [0.717, 1.165) is 0 Å². The van der Waals surface area contributed by atoms with E-state index in [0.29, 0.717) is 22.1 Å². The third kappa shape index (κ3) is 3.62. The highest BCUT2D eigenvalue weighted by Gasteiger charge is 2.50. The molecular formula is C20H21N3O5. The van der Waals surface area contributed by atoms with Crippen molar-refractivity contribution >= 4 is 17.8 Å². The number of hydrogen-bond acceptors (Lipinski definition) is 5. The van der Waals surface area contributed by atoms with Crippen LogP contribution < -0.4 is 20.2 Å². The minimum atomic E-state index is -1.31. The van der Waals surface area contributed by atoms with Crippen molar-refractivity contribution in [2.75, 3.05) is 7.11 Å². The number of amides is 4. The molecule has 1 fully saturated rings. The van der Waals surface area contributed by atoms with Gasteiger partial charge in [-0.25, -0.2) is 4.79 Å². The number of ether oxygens (including phenoxy) is 2. The van der Waals surface area contributed by atoms with Crippen LogP contribution in [-0.4, -0.2) is 36.1 Å². The number of nitrogens with zero attached hydrogens (tertiary/aromatic N) is 1. The van der Waals surface area contributed by atoms with Crippen LogP contribution in [0.15, 0.2) is 54.6 Å². The van der Waals surface area contributed by atoms with Gasteiger partial charge in [-0.3, -0.25) is 15.0 Å². The Labute approximate surface area is 162 Å². The topological polar surface area (TPSA) is 97.0 Å². The van der Waals surface area contributed by atoms with Crippen LogP contribution in [0.3, 0.4) is 0 Å². The fourth-order valence-electron chi connectivity index (χ4n) is 2.82. The predicted octanol–water partition coefficient (Wildman–Crippen LogP) is 1.96. The number of carbonyl (C=O) groups excluding carboxylic acids is 3. The molecule has 8 heteroatoms. The summed E-state index contributed by atoms with van der Waals surface area (Å²) in [6, 6.07) is 14.8. The number of hydrazine groups is 1. The van der Waals surface area contributed by atoms with Crippen LogP contribution in [-0.2, 0) is 15.1 Å². The van der Waals surface area contributed by atoms with E-state index in [1.165, 1.54) is 14.0 Å². The summed E-state index contributed by atoms with van der Waals surface area (Å²) in [5, 5.41) is 3.30. The Kier molecular flexibility index (Phi) is 5.21. The summed E-state index contributed by atoms with van der Waals surface area (Å²) in [7, 11) is 1.54. The third-order valence-corrected chi connectivity index (χ3v) is 4.51. The number of imide groups is 1. The van der Waals surface area contributed by atoms with Crippen LogP contribution in [0.4, 0.5) is 4.79 Å². The number of carbonyl (C=O) groups is 3. The first-order valence-electron chi connectivity index (χ1n) is 8.68. The lowest BCUT2D eigenvalue weighted by atomic mass is 9.92. The lowest BCUT2D eigenvalue weighted by Crippen LogP contribution is -2.51. The number of rotatable bonds is 6. The molecule has 1 aliphatic heterocycles. The van der Waals surface area contributed by atoms with Gasteiger partial charge in [-0.2, -0.15) is 5.01 Å². The minimum Gasteiger partial charge on any atom is -0.497 e. The molecule has 1 saturated heterocycles. The normalized spacial score (nSPS) is 19.8. The van der Waals surface area contributed by atoms with Crippen LogP contribution in [0.25, 0.3) is 0 Å². The molecule has 1 aliphatic rings. The predicted molar refractivity (Wildman–Crippen MR) is 100 cm³/mol. The first-order valence-corrected chi connectivity index (χ1v) is 8.68. The zero-order valence-electron chi connectivity index (χ0n) is 15.8. The van der Waals surface area contributed by atoms with E-state index in [4.69, 9.17) is 9.47 Å². The standard InChI is InChI=1S/C20H21N3O5/c1-13(28-16-7-5-4-6-8-16)17(24)22-23-18(25)20(2,21-19(23)26)14-9-11-15(27-3)12-10-14/h4-13H,1-3H3,(H,21,26)(H,22,24)/t13-,20-/m1/s1. The molecule has 0 bridgehead atoms. The van der Waals surface area contributed by atoms with E-state index in [2.05, 4.69) is 10.7 Å². The number of benzene rings is 2. The SMILES string of the molecule is COc1ccc([C@@]2(C)NC(=O)N(NC(=O)[C@@H](C)Oc3ccccc3)C2=O)cc1. The summed E-state index contributed by atoms with van der Waals surface area (Å²) in [4.78, 5) is 37.6. The molecule has 8 nitrogen and oxygen atoms in total. The van der Waals surface area contributed by atoms with E-state index < -0.39 is 29.5 Å². The maximum Gasteiger partial charge on any atom is 0.344 e. The Morgan fingerprint density at radius 1 is 1.07 bits per heavy atom. The van der Waals surface area contributed by atoms with Gasteiger partial charge < -0.3 is 14.8 Å². The molecule has 3 rings (SSSR count). The van der Waals surface area contributed by atoms with Gasteiger partial charge in [-0.15, -0.1) is 0 Å². The number of hydrogen-bond donors (Lipinski definition) is 2. The van der Waals surface area contributed by atoms with Crippen LogP contribution in [0, 0.1) is 0 Å². The maximum atomic E-state index is 12.9. The average Bonchev–Trinajstić information content (AvgIpc) is 2.92. The number of urea groups is 1. The summed E-state index contributed by atoms with van der Waals surface area (Å²) in [5.74, 6) is -0.0825. The van der Waals surface area contributed by atoms with Gasteiger partial charge in [-0.1, -0.05) is 30.3 Å². The molecule has 1 heterocycles. The number of nitrogens with one attached hydrogen (secondary N) is 2. The Hall–Kier alpha value is -3.55. The largest absolute Gasteiger partial charge is 0.497 e. The molecule has 2 atom stereocenters. The van der Waals surface area contributed by atoms with Crippen molar-refractivity contribution in [1.29, 1.82) is 0 Å². The van der Waals surface area contributed by atoms with Crippen molar-refractivity contribution in [2.24, 2.45) is 0 Å². The van der Waals surface area contributed by atoms with Crippen molar-refractivity contribution in [3.63, 3.8) is 0 Å². The Balaban J connectivity index is 1.71. The number of methoxy groups -OCH3 is 1. The van der Waals surface area contributed by atoms with E-state index in [9.17, 15) is 14.4 Å². The molecular weight excluding hydrogens is 362 g/mol. The van der Waals surface area contributed by atoms with Gasteiger partial charge in [0.05, 0.1) is 7.11 Å². The van der Waals surface area contributed by atoms with Crippen LogP contribution in [0.5, 0.6) is 11.5 Å². The molecule has 0 spiro atoms. The zero-order valence-corrected chi connectivity index (χ0v) is 15.8. The van der Waals surface area contributed by atoms with Crippen molar-refractivity contribution in [3.8, 4) is 11.5 Å². The highest BCUT2D eigenvalue weighted by Crippen LogP contribution is 2.29. The molecule has 0 aromatic heterocycles. The van der Waals surface area contributed by atoms with Crippen LogP contribution in [0.2, 0.25) is 0 Å². The maximum absolute atomic E-state index is 12.9. The lowest BCUT2D eigenvalue weighted by Gasteiger charge is -2.23. The summed E-state index contributed by atoms with van der Waals surface area (Å²) in [6.45, 7) is 3.11. The van der Waals surface area contributed by atoms with Crippen molar-refractivity contribution in [3.05, 3.63) is 60.2 Å². The van der Waals surface area contributed by atoms with E-state index >= 15 is 0 Å². The Bertz CT molecular complexity index is 884. The van der Waals surface area contributed by atoms with Gasteiger partial charge in [0, 0.05) is 0 Å². The zero-order chi connectivity index (χ0) is 20.3. The minimum absolute atomic E-state index is 0.505. The second-order valence-electron chi connectivity index (χ2n) is 6.47. The van der Waals surface area contributed by atoms with Crippen molar-refractivity contribution in [1.82, 2.24) is 15.8 Å². The lowest BCUT2D eigenvalue weighted by molar-refractivity contribution is -0.141. The van der Waals surface area contributed by atoms with E-state index in [1.807, 2.05) is 6.07 Å². The first-order chi connectivity index (χ1) is 13.3. The molecule has 2 aromatic carbocycles. The van der Waals surface area contributed by atoms with Crippen LogP contribution >= 0.6 is 0 Å². The Morgan fingerprint density at radius 3 is 2.32 bits per heavy atom. The summed E-state index contributed by atoms with van der Waals surface area (Å²) in [6.07, 6.45) is -0.907. The monoisotopic (exact) mass is 383 g/mol. The summed E-state index contributed by atoms with van der Waals surface area (Å²) >= 11 is 0. The molecule has 0 aliphatic carbocycles. The summed E-state index contributed by atoms with van der Waals surface area (Å²) < 4.78 is 10.6. The third-order valence-electron chi connectivity index (χ3n) is 4.51. The summed E-state index contributed by atoms with van der Waals surface area (Å²) in [5.41, 5.74) is 1.59. The highest BCUT2D eigenvalue weighted by atomic mass is 16.5. The fraction of sp³-hybridized carbons (Fsp3) is 0.250. The Morgan fingerprint density at radius 2 is 1.71 bits per heavy atom. The molecule has 2 aromatic rings. The van der Waals surface area contributed by atoms with Gasteiger partial charge in [0.25, 0.3) is 11.8 Å². The number of para-hydroxylation sites is 1. The highest BCUT2D eigenvalue weighted by molar-refractivity contribution is 6.08. The molecule has 0 unspecified atom stereocenters. The van der Waals surface area contributed by atoms with E-state index in [-0.39, 0.29) is 0 Å². The van der Waals surface area contributed by atoms with Gasteiger partial charge in [0.2, 0.25) is 0 Å². The smallest absolute Gasteiger partial charge is 0.344 e. The molecule has 4 amide bonds. The van der Waals surface area contributed by atoms with Gasteiger partial charge in [0.15, 0.2) is 6.10 Å². The quantitative estimate of drug-likeness (QED) is 0.744. The van der Waals surface area contributed by atoms with Gasteiger partial charge >= 0.3 is 6.03 Å². The van der Waals surface area contributed by atoms with Crippen LogP contribution in [0.1, 0.15) is 19.4 Å². The molecule has 146 valence electrons. The first kappa shape index (κ1) is 19.2. The molecule has 2 N–H and O–H groups in total. The van der Waals surface area contributed by atoms with Crippen molar-refractivity contribution in [2.45, 2.75) is 25.5 Å². The second-order valence-corrected chi connectivity index (χ2v) is 6.47. The second kappa shape index (κ2) is 7.59. The molecule has 0 radical (unpaired) electrons. The fourth-order valence-corrected chi connectivity index (χ4v) is 2.82. The van der Waals surface area contributed by atoms with Gasteiger partial charge in [0.1, 0.15) is 17.0 Å². The molecule has 28 heavy (non-hydrogen) atoms. The van der Waals surface area contributed by atoms with E-state index in [1.54, 1.807) is 55.5 Å². The van der Waals surface area contributed by atoms with Crippen molar-refractivity contribution < 1.29 is 23.9 Å². The molecule has 0 saturated carbocycles.